The molecule has 152 valence electrons. The van der Waals surface area contributed by atoms with Gasteiger partial charge >= 0.3 is 6.03 Å². The molecule has 0 atom stereocenters. The van der Waals surface area contributed by atoms with Gasteiger partial charge < -0.3 is 14.2 Å². The summed E-state index contributed by atoms with van der Waals surface area (Å²) in [5, 5.41) is 10.8. The molecule has 3 rings (SSSR count). The van der Waals surface area contributed by atoms with Gasteiger partial charge in [-0.1, -0.05) is 6.07 Å². The lowest BCUT2D eigenvalue weighted by atomic mass is 10.1. The van der Waals surface area contributed by atoms with Crippen molar-refractivity contribution in [2.75, 3.05) is 25.7 Å². The Labute approximate surface area is 172 Å². The molecular weight excluding hydrogens is 390 g/mol. The molecule has 2 aromatic carbocycles. The second-order valence-corrected chi connectivity index (χ2v) is 6.01. The fourth-order valence-electron chi connectivity index (χ4n) is 2.79. The van der Waals surface area contributed by atoms with E-state index in [2.05, 4.69) is 5.32 Å². The zero-order chi connectivity index (χ0) is 21.7. The highest BCUT2D eigenvalue weighted by atomic mass is 16.5. The Balaban J connectivity index is 1.95. The van der Waals surface area contributed by atoms with Crippen molar-refractivity contribution in [1.82, 2.24) is 5.32 Å². The maximum Gasteiger partial charge on any atom is 0.335 e. The summed E-state index contributed by atoms with van der Waals surface area (Å²) in [6.45, 7) is -0.156. The van der Waals surface area contributed by atoms with Crippen molar-refractivity contribution in [3.63, 3.8) is 0 Å². The fourth-order valence-corrected chi connectivity index (χ4v) is 2.79. The number of urea groups is 1. The molecular formula is C21H17N3O6. The molecule has 1 aliphatic rings. The third kappa shape index (κ3) is 4.07. The van der Waals surface area contributed by atoms with Gasteiger partial charge in [-0.2, -0.15) is 5.26 Å². The van der Waals surface area contributed by atoms with Crippen LogP contribution in [0.15, 0.2) is 48.0 Å². The number of rotatable bonds is 6. The minimum atomic E-state index is -0.842. The smallest absolute Gasteiger partial charge is 0.335 e. The van der Waals surface area contributed by atoms with Gasteiger partial charge in [0.25, 0.3) is 11.8 Å². The standard InChI is InChI=1S/C21H17N3O6/c1-28-15-6-4-14(5-7-15)24-20(26)16(19(25)23-21(24)27)11-13-3-8-17(30-10-9-22)18(12-13)29-2/h3-8,11-12H,10H2,1-2H3,(H,23,25,27)/b16-11-. The second-order valence-electron chi connectivity index (χ2n) is 6.01. The quantitative estimate of drug-likeness (QED) is 0.576. The number of methoxy groups -OCH3 is 2. The number of anilines is 1. The number of ether oxygens (including phenoxy) is 3. The molecule has 4 amide bonds. The van der Waals surface area contributed by atoms with Gasteiger partial charge in [-0.3, -0.25) is 14.9 Å². The fraction of sp³-hybridized carbons (Fsp3) is 0.143. The van der Waals surface area contributed by atoms with Crippen LogP contribution in [0.5, 0.6) is 17.2 Å². The predicted molar refractivity (Wildman–Crippen MR) is 106 cm³/mol. The van der Waals surface area contributed by atoms with Crippen molar-refractivity contribution >= 4 is 29.6 Å². The lowest BCUT2D eigenvalue weighted by Crippen LogP contribution is -2.54. The third-order valence-corrected chi connectivity index (χ3v) is 4.22. The summed E-state index contributed by atoms with van der Waals surface area (Å²) >= 11 is 0. The van der Waals surface area contributed by atoms with Crippen molar-refractivity contribution in [2.45, 2.75) is 0 Å². The molecule has 1 heterocycles. The highest BCUT2D eigenvalue weighted by molar-refractivity contribution is 6.39. The lowest BCUT2D eigenvalue weighted by molar-refractivity contribution is -0.122. The van der Waals surface area contributed by atoms with Gasteiger partial charge in [-0.15, -0.1) is 0 Å². The predicted octanol–water partition coefficient (Wildman–Crippen LogP) is 2.27. The first kappa shape index (κ1) is 20.4. The van der Waals surface area contributed by atoms with Crippen molar-refractivity contribution in [3.05, 3.63) is 53.6 Å². The number of carbonyl (C=O) groups excluding carboxylic acids is 3. The van der Waals surface area contributed by atoms with E-state index in [1.165, 1.54) is 32.4 Å². The first-order valence-electron chi connectivity index (χ1n) is 8.71. The zero-order valence-electron chi connectivity index (χ0n) is 16.2. The molecule has 0 unspecified atom stereocenters. The van der Waals surface area contributed by atoms with Gasteiger partial charge in [0.1, 0.15) is 17.4 Å². The van der Waals surface area contributed by atoms with Crippen LogP contribution in [0.25, 0.3) is 6.08 Å². The molecule has 0 spiro atoms. The van der Waals surface area contributed by atoms with E-state index in [4.69, 9.17) is 19.5 Å². The number of nitrogens with zero attached hydrogens (tertiary/aromatic N) is 2. The van der Waals surface area contributed by atoms with Crippen LogP contribution in [0.4, 0.5) is 10.5 Å². The van der Waals surface area contributed by atoms with Crippen molar-refractivity contribution in [1.29, 1.82) is 5.26 Å². The summed E-state index contributed by atoms with van der Waals surface area (Å²) < 4.78 is 15.6. The van der Waals surface area contributed by atoms with Gasteiger partial charge in [0.2, 0.25) is 0 Å². The topological polar surface area (TPSA) is 118 Å². The summed E-state index contributed by atoms with van der Waals surface area (Å²) in [5.41, 5.74) is 0.534. The van der Waals surface area contributed by atoms with Crippen LogP contribution >= 0.6 is 0 Å². The van der Waals surface area contributed by atoms with Crippen LogP contribution in [-0.2, 0) is 9.59 Å². The lowest BCUT2D eigenvalue weighted by Gasteiger charge is -2.26. The number of hydrogen-bond acceptors (Lipinski definition) is 7. The first-order chi connectivity index (χ1) is 14.5. The summed E-state index contributed by atoms with van der Waals surface area (Å²) in [6, 6.07) is 12.0. The highest BCUT2D eigenvalue weighted by Crippen LogP contribution is 2.30. The molecule has 0 bridgehead atoms. The highest BCUT2D eigenvalue weighted by Gasteiger charge is 2.36. The molecule has 1 N–H and O–H groups in total. The minimum Gasteiger partial charge on any atom is -0.497 e. The number of nitriles is 1. The van der Waals surface area contributed by atoms with E-state index in [-0.39, 0.29) is 17.9 Å². The number of amides is 4. The molecule has 9 heteroatoms. The molecule has 30 heavy (non-hydrogen) atoms. The summed E-state index contributed by atoms with van der Waals surface area (Å²) in [5.74, 6) is -0.348. The van der Waals surface area contributed by atoms with Crippen LogP contribution in [0.2, 0.25) is 0 Å². The van der Waals surface area contributed by atoms with Crippen molar-refractivity contribution in [2.24, 2.45) is 0 Å². The number of benzene rings is 2. The Morgan fingerprint density at radius 2 is 1.77 bits per heavy atom. The van der Waals surface area contributed by atoms with Gasteiger partial charge in [0.05, 0.1) is 19.9 Å². The maximum atomic E-state index is 12.9. The molecule has 0 aliphatic carbocycles. The minimum absolute atomic E-state index is 0.156. The van der Waals surface area contributed by atoms with Crippen LogP contribution < -0.4 is 24.4 Å². The van der Waals surface area contributed by atoms with E-state index in [0.717, 1.165) is 4.90 Å². The number of nitrogens with one attached hydrogen (secondary N) is 1. The summed E-state index contributed by atoms with van der Waals surface area (Å²) in [6.07, 6.45) is 1.34. The molecule has 1 saturated heterocycles. The van der Waals surface area contributed by atoms with Gasteiger partial charge in [-0.25, -0.2) is 9.69 Å². The summed E-state index contributed by atoms with van der Waals surface area (Å²) in [7, 11) is 2.92. The van der Waals surface area contributed by atoms with E-state index in [9.17, 15) is 14.4 Å². The van der Waals surface area contributed by atoms with Crippen molar-refractivity contribution in [3.8, 4) is 23.3 Å². The van der Waals surface area contributed by atoms with Gasteiger partial charge in [0.15, 0.2) is 18.1 Å². The zero-order valence-corrected chi connectivity index (χ0v) is 16.2. The van der Waals surface area contributed by atoms with Gasteiger partial charge in [-0.05, 0) is 48.0 Å². The molecule has 0 radical (unpaired) electrons. The Morgan fingerprint density at radius 3 is 2.40 bits per heavy atom. The number of hydrogen-bond donors (Lipinski definition) is 1. The van der Waals surface area contributed by atoms with E-state index in [1.807, 2.05) is 6.07 Å². The molecule has 0 saturated carbocycles. The van der Waals surface area contributed by atoms with Crippen LogP contribution in [0, 0.1) is 11.3 Å². The average molecular weight is 407 g/mol. The third-order valence-electron chi connectivity index (χ3n) is 4.22. The van der Waals surface area contributed by atoms with Crippen LogP contribution in [-0.4, -0.2) is 38.7 Å². The Bertz CT molecular complexity index is 1070. The van der Waals surface area contributed by atoms with Crippen LogP contribution in [0.1, 0.15) is 5.56 Å². The molecule has 0 aromatic heterocycles. The SMILES string of the molecule is COc1ccc(N2C(=O)NC(=O)/C(=C/c3ccc(OCC#N)c(OC)c3)C2=O)cc1. The van der Waals surface area contributed by atoms with E-state index < -0.39 is 17.8 Å². The molecule has 2 aromatic rings. The second kappa shape index (κ2) is 8.79. The molecule has 1 fully saturated rings. The largest absolute Gasteiger partial charge is 0.497 e. The average Bonchev–Trinajstić information content (AvgIpc) is 2.75. The Morgan fingerprint density at radius 1 is 1.03 bits per heavy atom. The van der Waals surface area contributed by atoms with Crippen molar-refractivity contribution < 1.29 is 28.6 Å². The Hall–Kier alpha value is -4.32. The first-order valence-corrected chi connectivity index (χ1v) is 8.71. The molecule has 9 nitrogen and oxygen atoms in total. The van der Waals surface area contributed by atoms with E-state index in [1.54, 1.807) is 30.3 Å². The monoisotopic (exact) mass is 407 g/mol. The van der Waals surface area contributed by atoms with Crippen LogP contribution in [0.3, 0.4) is 0 Å². The van der Waals surface area contributed by atoms with E-state index >= 15 is 0 Å². The van der Waals surface area contributed by atoms with E-state index in [0.29, 0.717) is 22.8 Å². The number of barbiturate groups is 1. The number of carbonyl (C=O) groups is 3. The number of imide groups is 2. The maximum absolute atomic E-state index is 12.9. The van der Waals surface area contributed by atoms with Gasteiger partial charge in [0, 0.05) is 0 Å². The normalized spacial score (nSPS) is 14.9. The summed E-state index contributed by atoms with van der Waals surface area (Å²) in [4.78, 5) is 38.4. The Kier molecular flexibility index (Phi) is 5.98. The molecule has 1 aliphatic heterocycles.